The van der Waals surface area contributed by atoms with E-state index in [9.17, 15) is 0 Å². The fourth-order valence-corrected chi connectivity index (χ4v) is 1.73. The van der Waals surface area contributed by atoms with Crippen molar-refractivity contribution in [2.24, 2.45) is 5.73 Å². The fraction of sp³-hybridized carbons (Fsp3) is 0.125. The SMILES string of the molecule is N#Cc1cc(I)c(Cl)c(CN)c1. The van der Waals surface area contributed by atoms with Crippen LogP contribution >= 0.6 is 34.2 Å². The van der Waals surface area contributed by atoms with Crippen LogP contribution in [0.1, 0.15) is 11.1 Å². The molecule has 62 valence electrons. The predicted octanol–water partition coefficient (Wildman–Crippen LogP) is 2.27. The molecular formula is C8H6ClIN2. The molecule has 2 N–H and O–H groups in total. The molecular weight excluding hydrogens is 286 g/mol. The first-order chi connectivity index (χ1) is 5.69. The molecule has 0 aliphatic heterocycles. The van der Waals surface area contributed by atoms with Gasteiger partial charge >= 0.3 is 0 Å². The van der Waals surface area contributed by atoms with Crippen molar-refractivity contribution in [2.45, 2.75) is 6.54 Å². The summed E-state index contributed by atoms with van der Waals surface area (Å²) >= 11 is 8.01. The first-order valence-corrected chi connectivity index (χ1v) is 4.72. The average molecular weight is 293 g/mol. The van der Waals surface area contributed by atoms with Gasteiger partial charge in [0.25, 0.3) is 0 Å². The van der Waals surface area contributed by atoms with Crippen molar-refractivity contribution < 1.29 is 0 Å². The summed E-state index contributed by atoms with van der Waals surface area (Å²) in [4.78, 5) is 0. The predicted molar refractivity (Wildman–Crippen MR) is 56.8 cm³/mol. The summed E-state index contributed by atoms with van der Waals surface area (Å²) in [5, 5.41) is 9.29. The lowest BCUT2D eigenvalue weighted by molar-refractivity contribution is 1.07. The van der Waals surface area contributed by atoms with E-state index >= 15 is 0 Å². The topological polar surface area (TPSA) is 49.8 Å². The van der Waals surface area contributed by atoms with Gasteiger partial charge in [-0.1, -0.05) is 11.6 Å². The van der Waals surface area contributed by atoms with Gasteiger partial charge < -0.3 is 5.73 Å². The Morgan fingerprint density at radius 3 is 2.75 bits per heavy atom. The first-order valence-electron chi connectivity index (χ1n) is 3.27. The van der Waals surface area contributed by atoms with Gasteiger partial charge in [0.05, 0.1) is 16.7 Å². The standard InChI is InChI=1S/C8H6ClIN2/c9-8-6(4-12)1-5(3-11)2-7(8)10/h1-2H,4,12H2. The highest BCUT2D eigenvalue weighted by atomic mass is 127. The molecule has 2 nitrogen and oxygen atoms in total. The highest BCUT2D eigenvalue weighted by Gasteiger charge is 2.04. The molecule has 0 saturated heterocycles. The van der Waals surface area contributed by atoms with E-state index < -0.39 is 0 Å². The van der Waals surface area contributed by atoms with Gasteiger partial charge in [-0.2, -0.15) is 5.26 Å². The Hall–Kier alpha value is -0.310. The van der Waals surface area contributed by atoms with Gasteiger partial charge in [-0.15, -0.1) is 0 Å². The van der Waals surface area contributed by atoms with Gasteiger partial charge in [0.1, 0.15) is 0 Å². The van der Waals surface area contributed by atoms with Gasteiger partial charge in [-0.05, 0) is 40.3 Å². The van der Waals surface area contributed by atoms with Crippen LogP contribution in [-0.2, 0) is 6.54 Å². The molecule has 0 heterocycles. The van der Waals surface area contributed by atoms with E-state index in [1.54, 1.807) is 12.1 Å². The number of nitriles is 1. The summed E-state index contributed by atoms with van der Waals surface area (Å²) in [6.07, 6.45) is 0. The summed E-state index contributed by atoms with van der Waals surface area (Å²) in [5.41, 5.74) is 6.87. The van der Waals surface area contributed by atoms with E-state index in [0.29, 0.717) is 17.1 Å². The van der Waals surface area contributed by atoms with Gasteiger partial charge in [0.2, 0.25) is 0 Å². The van der Waals surface area contributed by atoms with E-state index in [4.69, 9.17) is 22.6 Å². The smallest absolute Gasteiger partial charge is 0.0992 e. The van der Waals surface area contributed by atoms with Crippen LogP contribution in [-0.4, -0.2) is 0 Å². The van der Waals surface area contributed by atoms with E-state index in [1.165, 1.54) is 0 Å². The summed E-state index contributed by atoms with van der Waals surface area (Å²) in [5.74, 6) is 0. The van der Waals surface area contributed by atoms with Crippen molar-refractivity contribution >= 4 is 34.2 Å². The number of rotatable bonds is 1. The third-order valence-electron chi connectivity index (χ3n) is 1.45. The third kappa shape index (κ3) is 1.89. The number of hydrogen-bond donors (Lipinski definition) is 1. The lowest BCUT2D eigenvalue weighted by Gasteiger charge is -2.03. The van der Waals surface area contributed by atoms with E-state index in [2.05, 4.69) is 28.7 Å². The Labute approximate surface area is 89.5 Å². The van der Waals surface area contributed by atoms with Crippen LogP contribution in [0.2, 0.25) is 5.02 Å². The Morgan fingerprint density at radius 2 is 2.25 bits per heavy atom. The molecule has 1 rings (SSSR count). The van der Waals surface area contributed by atoms with Gasteiger partial charge in [-0.3, -0.25) is 0 Å². The molecule has 0 aromatic heterocycles. The van der Waals surface area contributed by atoms with E-state index in [-0.39, 0.29) is 0 Å². The van der Waals surface area contributed by atoms with Crippen LogP contribution < -0.4 is 5.73 Å². The zero-order chi connectivity index (χ0) is 9.14. The van der Waals surface area contributed by atoms with Gasteiger partial charge in [-0.25, -0.2) is 0 Å². The normalized spacial score (nSPS) is 9.50. The molecule has 0 saturated carbocycles. The minimum absolute atomic E-state index is 0.365. The number of benzene rings is 1. The molecule has 0 bridgehead atoms. The maximum atomic E-state index is 8.64. The van der Waals surface area contributed by atoms with Crippen LogP contribution in [0.5, 0.6) is 0 Å². The highest BCUT2D eigenvalue weighted by molar-refractivity contribution is 14.1. The lowest BCUT2D eigenvalue weighted by Crippen LogP contribution is -1.99. The average Bonchev–Trinajstić information content (AvgIpc) is 2.09. The number of nitrogens with two attached hydrogens (primary N) is 1. The molecule has 0 radical (unpaired) electrons. The van der Waals surface area contributed by atoms with Crippen LogP contribution in [0.3, 0.4) is 0 Å². The Kier molecular flexibility index (Phi) is 3.32. The van der Waals surface area contributed by atoms with Gasteiger partial charge in [0.15, 0.2) is 0 Å². The van der Waals surface area contributed by atoms with Gasteiger partial charge in [0, 0.05) is 10.1 Å². The van der Waals surface area contributed by atoms with Crippen LogP contribution in [0.15, 0.2) is 12.1 Å². The minimum Gasteiger partial charge on any atom is -0.326 e. The second kappa shape index (κ2) is 4.08. The monoisotopic (exact) mass is 292 g/mol. The highest BCUT2D eigenvalue weighted by Crippen LogP contribution is 2.24. The maximum Gasteiger partial charge on any atom is 0.0992 e. The zero-order valence-corrected chi connectivity index (χ0v) is 9.06. The molecule has 0 amide bonds. The second-order valence-electron chi connectivity index (χ2n) is 2.25. The summed E-state index contributed by atoms with van der Waals surface area (Å²) in [6.45, 7) is 0.365. The largest absolute Gasteiger partial charge is 0.326 e. The van der Waals surface area contributed by atoms with Crippen LogP contribution in [0, 0.1) is 14.9 Å². The molecule has 12 heavy (non-hydrogen) atoms. The Morgan fingerprint density at radius 1 is 1.58 bits per heavy atom. The van der Waals surface area contributed by atoms with Crippen molar-refractivity contribution in [3.05, 3.63) is 31.9 Å². The molecule has 0 aliphatic rings. The lowest BCUT2D eigenvalue weighted by atomic mass is 10.1. The maximum absolute atomic E-state index is 8.64. The van der Waals surface area contributed by atoms with Crippen LogP contribution in [0.25, 0.3) is 0 Å². The molecule has 4 heteroatoms. The number of halogens is 2. The summed E-state index contributed by atoms with van der Waals surface area (Å²) in [7, 11) is 0. The number of nitrogens with zero attached hydrogens (tertiary/aromatic N) is 1. The molecule has 0 atom stereocenters. The quantitative estimate of drug-likeness (QED) is 0.807. The molecule has 1 aromatic rings. The van der Waals surface area contributed by atoms with Crippen molar-refractivity contribution in [2.75, 3.05) is 0 Å². The summed E-state index contributed by atoms with van der Waals surface area (Å²) in [6, 6.07) is 5.50. The third-order valence-corrected chi connectivity index (χ3v) is 3.07. The molecule has 0 unspecified atom stereocenters. The minimum atomic E-state index is 0.365. The Balaban J connectivity index is 3.31. The molecule has 0 fully saturated rings. The molecule has 0 spiro atoms. The van der Waals surface area contributed by atoms with Crippen LogP contribution in [0.4, 0.5) is 0 Å². The van der Waals surface area contributed by atoms with E-state index in [0.717, 1.165) is 9.13 Å². The van der Waals surface area contributed by atoms with E-state index in [1.807, 2.05) is 0 Å². The summed E-state index contributed by atoms with van der Waals surface area (Å²) < 4.78 is 0.869. The zero-order valence-electron chi connectivity index (χ0n) is 6.14. The number of hydrogen-bond acceptors (Lipinski definition) is 2. The molecule has 1 aromatic carbocycles. The molecule has 0 aliphatic carbocycles. The first kappa shape index (κ1) is 9.78. The fourth-order valence-electron chi connectivity index (χ4n) is 0.859. The van der Waals surface area contributed by atoms with Crippen molar-refractivity contribution in [3.63, 3.8) is 0 Å². The van der Waals surface area contributed by atoms with Crippen molar-refractivity contribution in [3.8, 4) is 6.07 Å². The van der Waals surface area contributed by atoms with Crippen molar-refractivity contribution in [1.29, 1.82) is 5.26 Å². The second-order valence-corrected chi connectivity index (χ2v) is 3.79. The Bertz CT molecular complexity index is 344. The van der Waals surface area contributed by atoms with Crippen molar-refractivity contribution in [1.82, 2.24) is 0 Å².